The van der Waals surface area contributed by atoms with Gasteiger partial charge >= 0.3 is 5.97 Å². The Morgan fingerprint density at radius 2 is 1.30 bits per heavy atom. The number of carbonyl (C=O) groups is 2. The number of hydrogen-bond acceptors (Lipinski definition) is 4. The van der Waals surface area contributed by atoms with E-state index < -0.39 is 0 Å². The van der Waals surface area contributed by atoms with Gasteiger partial charge in [-0.2, -0.15) is 0 Å². The zero-order valence-corrected chi connectivity index (χ0v) is 24.7. The van der Waals surface area contributed by atoms with Crippen molar-refractivity contribution < 1.29 is 14.3 Å². The summed E-state index contributed by atoms with van der Waals surface area (Å²) >= 11 is 0. The minimum atomic E-state index is -0.155. The van der Waals surface area contributed by atoms with E-state index in [9.17, 15) is 9.59 Å². The van der Waals surface area contributed by atoms with Crippen LogP contribution in [0.25, 0.3) is 0 Å². The van der Waals surface area contributed by atoms with Gasteiger partial charge < -0.3 is 9.64 Å². The van der Waals surface area contributed by atoms with E-state index in [4.69, 9.17) is 4.74 Å². The maximum atomic E-state index is 12.4. The van der Waals surface area contributed by atoms with Crippen molar-refractivity contribution in [3.05, 3.63) is 0 Å². The molecule has 0 aromatic carbocycles. The Bertz CT molecular complexity index is 578. The van der Waals surface area contributed by atoms with Gasteiger partial charge in [-0.15, -0.1) is 0 Å². The Labute approximate surface area is 229 Å². The number of unbranched alkanes of at least 4 members (excludes halogenated alkanes) is 18. The lowest BCUT2D eigenvalue weighted by molar-refractivity contribution is -0.144. The van der Waals surface area contributed by atoms with Gasteiger partial charge in [-0.3, -0.25) is 14.6 Å². The molecule has 0 aliphatic carbocycles. The minimum absolute atomic E-state index is 0.0912. The van der Waals surface area contributed by atoms with Crippen LogP contribution in [0.15, 0.2) is 4.99 Å². The van der Waals surface area contributed by atoms with Gasteiger partial charge in [0.2, 0.25) is 5.91 Å². The lowest BCUT2D eigenvalue weighted by Crippen LogP contribution is -2.39. The van der Waals surface area contributed by atoms with Crippen molar-refractivity contribution in [3.63, 3.8) is 0 Å². The standard InChI is InChI=1S/C32H60N2O3/c1-3-4-5-6-7-8-9-10-11-12-13-14-15-16-17-18-19-20-21-24-31(35)37-28-23-27-34-26-22-25-33-29-30(2)32(34)36/h29-30H,3-28H2,1-2H3. The molecule has 1 heterocycles. The van der Waals surface area contributed by atoms with E-state index >= 15 is 0 Å². The van der Waals surface area contributed by atoms with Crippen LogP contribution in [-0.2, 0) is 14.3 Å². The quantitative estimate of drug-likeness (QED) is 0.0944. The minimum Gasteiger partial charge on any atom is -0.466 e. The average Bonchev–Trinajstić information content (AvgIpc) is 2.89. The molecule has 0 spiro atoms. The van der Waals surface area contributed by atoms with E-state index in [1.54, 1.807) is 6.21 Å². The lowest BCUT2D eigenvalue weighted by Gasteiger charge is -2.25. The van der Waals surface area contributed by atoms with Gasteiger partial charge in [0, 0.05) is 32.3 Å². The fourth-order valence-electron chi connectivity index (χ4n) is 5.13. The molecule has 0 radical (unpaired) electrons. The predicted octanol–water partition coefficient (Wildman–Crippen LogP) is 8.68. The molecule has 1 aliphatic heterocycles. The van der Waals surface area contributed by atoms with Gasteiger partial charge in [0.1, 0.15) is 0 Å². The number of amides is 1. The number of hydrogen-bond donors (Lipinski definition) is 0. The molecule has 1 unspecified atom stereocenters. The summed E-state index contributed by atoms with van der Waals surface area (Å²) in [6, 6.07) is 0. The molecule has 0 saturated carbocycles. The maximum absolute atomic E-state index is 12.4. The number of rotatable bonds is 24. The second kappa shape index (κ2) is 24.9. The Kier molecular flexibility index (Phi) is 22.7. The van der Waals surface area contributed by atoms with Crippen LogP contribution in [0, 0.1) is 5.92 Å². The summed E-state index contributed by atoms with van der Waals surface area (Å²) in [6.45, 7) is 6.77. The van der Waals surface area contributed by atoms with Crippen LogP contribution in [0.3, 0.4) is 0 Å². The summed E-state index contributed by atoms with van der Waals surface area (Å²) in [5.74, 6) is -0.118. The van der Waals surface area contributed by atoms with Gasteiger partial charge in [-0.1, -0.05) is 122 Å². The third kappa shape index (κ3) is 20.3. The van der Waals surface area contributed by atoms with E-state index in [1.165, 1.54) is 109 Å². The van der Waals surface area contributed by atoms with Crippen LogP contribution in [0.2, 0.25) is 0 Å². The first-order chi connectivity index (χ1) is 18.1. The number of carbonyl (C=O) groups excluding carboxylic acids is 2. The van der Waals surface area contributed by atoms with E-state index in [2.05, 4.69) is 11.9 Å². The second-order valence-corrected chi connectivity index (χ2v) is 11.2. The van der Waals surface area contributed by atoms with Crippen molar-refractivity contribution in [1.82, 2.24) is 4.90 Å². The van der Waals surface area contributed by atoms with Gasteiger partial charge in [0.15, 0.2) is 0 Å². The van der Waals surface area contributed by atoms with Gasteiger partial charge in [0.05, 0.1) is 12.5 Å². The molecule has 1 amide bonds. The highest BCUT2D eigenvalue weighted by Crippen LogP contribution is 2.15. The molecular weight excluding hydrogens is 460 g/mol. The summed E-state index contributed by atoms with van der Waals surface area (Å²) in [6.07, 6.45) is 29.7. The highest BCUT2D eigenvalue weighted by molar-refractivity contribution is 5.93. The summed E-state index contributed by atoms with van der Waals surface area (Å²) in [7, 11) is 0. The van der Waals surface area contributed by atoms with Gasteiger partial charge in [-0.25, -0.2) is 0 Å². The van der Waals surface area contributed by atoms with E-state index in [0.29, 0.717) is 26.0 Å². The predicted molar refractivity (Wildman–Crippen MR) is 157 cm³/mol. The van der Waals surface area contributed by atoms with E-state index in [0.717, 1.165) is 32.4 Å². The lowest BCUT2D eigenvalue weighted by atomic mass is 10.0. The smallest absolute Gasteiger partial charge is 0.305 e. The molecule has 0 saturated heterocycles. The molecule has 37 heavy (non-hydrogen) atoms. The zero-order valence-electron chi connectivity index (χ0n) is 24.7. The van der Waals surface area contributed by atoms with Crippen molar-refractivity contribution in [2.24, 2.45) is 10.9 Å². The normalized spacial score (nSPS) is 16.1. The first kappa shape index (κ1) is 33.6. The zero-order chi connectivity index (χ0) is 26.8. The van der Waals surface area contributed by atoms with Crippen molar-refractivity contribution in [1.29, 1.82) is 0 Å². The maximum Gasteiger partial charge on any atom is 0.305 e. The van der Waals surface area contributed by atoms with Crippen molar-refractivity contribution in [2.75, 3.05) is 26.2 Å². The first-order valence-electron chi connectivity index (χ1n) is 16.1. The number of esters is 1. The van der Waals surface area contributed by atoms with Crippen LogP contribution >= 0.6 is 0 Å². The molecule has 0 bridgehead atoms. The van der Waals surface area contributed by atoms with Crippen molar-refractivity contribution >= 4 is 18.1 Å². The Hall–Kier alpha value is -1.39. The molecular formula is C32H60N2O3. The van der Waals surface area contributed by atoms with Crippen molar-refractivity contribution in [2.45, 2.75) is 155 Å². The largest absolute Gasteiger partial charge is 0.466 e. The van der Waals surface area contributed by atoms with Crippen molar-refractivity contribution in [3.8, 4) is 0 Å². The molecule has 0 N–H and O–H groups in total. The first-order valence-corrected chi connectivity index (χ1v) is 16.1. The topological polar surface area (TPSA) is 59.0 Å². The molecule has 1 atom stereocenters. The van der Waals surface area contributed by atoms with Gasteiger partial charge in [-0.05, 0) is 26.2 Å². The van der Waals surface area contributed by atoms with Crippen LogP contribution in [-0.4, -0.2) is 49.2 Å². The summed E-state index contributed by atoms with van der Waals surface area (Å²) in [5.41, 5.74) is 0. The Morgan fingerprint density at radius 1 is 0.811 bits per heavy atom. The van der Waals surface area contributed by atoms with Crippen LogP contribution in [0.4, 0.5) is 0 Å². The summed E-state index contributed by atoms with van der Waals surface area (Å²) in [5, 5.41) is 0. The average molecular weight is 521 g/mol. The Balaban J connectivity index is 1.80. The summed E-state index contributed by atoms with van der Waals surface area (Å²) in [4.78, 5) is 30.5. The monoisotopic (exact) mass is 520 g/mol. The number of ether oxygens (including phenoxy) is 1. The fraction of sp³-hybridized carbons (Fsp3) is 0.906. The molecule has 216 valence electrons. The molecule has 0 aromatic heterocycles. The number of aliphatic imine (C=N–C) groups is 1. The van der Waals surface area contributed by atoms with Crippen LogP contribution < -0.4 is 0 Å². The van der Waals surface area contributed by atoms with E-state index in [1.807, 2.05) is 11.8 Å². The second-order valence-electron chi connectivity index (χ2n) is 11.2. The fourth-order valence-corrected chi connectivity index (χ4v) is 5.13. The van der Waals surface area contributed by atoms with Crippen LogP contribution in [0.1, 0.15) is 155 Å². The molecule has 5 nitrogen and oxygen atoms in total. The molecule has 5 heteroatoms. The van der Waals surface area contributed by atoms with Gasteiger partial charge in [0.25, 0.3) is 0 Å². The van der Waals surface area contributed by atoms with E-state index in [-0.39, 0.29) is 17.8 Å². The summed E-state index contributed by atoms with van der Waals surface area (Å²) < 4.78 is 5.38. The molecule has 1 aliphatic rings. The Morgan fingerprint density at radius 3 is 1.81 bits per heavy atom. The third-order valence-electron chi connectivity index (χ3n) is 7.57. The third-order valence-corrected chi connectivity index (χ3v) is 7.57. The SMILES string of the molecule is CCCCCCCCCCCCCCCCCCCCCC(=O)OCCCN1CCCN=CC(C)C1=O. The highest BCUT2D eigenvalue weighted by atomic mass is 16.5. The number of nitrogens with zero attached hydrogens (tertiary/aromatic N) is 2. The molecule has 1 rings (SSSR count). The van der Waals surface area contributed by atoms with Crippen LogP contribution in [0.5, 0.6) is 0 Å². The molecule has 0 aromatic rings. The highest BCUT2D eigenvalue weighted by Gasteiger charge is 2.20. The molecule has 0 fully saturated rings.